The molecule has 0 bridgehead atoms. The second-order valence-corrected chi connectivity index (χ2v) is 7.56. The summed E-state index contributed by atoms with van der Waals surface area (Å²) >= 11 is 0. The first-order chi connectivity index (χ1) is 15.5. The second-order valence-electron chi connectivity index (χ2n) is 7.56. The van der Waals surface area contributed by atoms with E-state index in [1.807, 2.05) is 13.0 Å². The van der Waals surface area contributed by atoms with E-state index in [4.69, 9.17) is 9.15 Å². The fraction of sp³-hybridized carbons (Fsp3) is 0.120. The molecule has 0 saturated carbocycles. The van der Waals surface area contributed by atoms with Gasteiger partial charge >= 0.3 is 5.97 Å². The molecule has 0 fully saturated rings. The average molecular weight is 426 g/mol. The van der Waals surface area contributed by atoms with Crippen LogP contribution in [0.15, 0.2) is 76.1 Å². The Balaban J connectivity index is 1.75. The topological polar surface area (TPSA) is 89.7 Å². The van der Waals surface area contributed by atoms with Gasteiger partial charge < -0.3 is 9.15 Å². The van der Waals surface area contributed by atoms with E-state index in [1.54, 1.807) is 60.8 Å². The molecule has 1 atom stereocenters. The van der Waals surface area contributed by atoms with Gasteiger partial charge in [-0.2, -0.15) is 0 Å². The number of carbonyl (C=O) groups excluding carboxylic acids is 2. The van der Waals surface area contributed by atoms with Gasteiger partial charge in [-0.3, -0.25) is 14.5 Å². The molecule has 158 valence electrons. The fourth-order valence-electron chi connectivity index (χ4n) is 3.99. The minimum absolute atomic E-state index is 0.00174. The van der Waals surface area contributed by atoms with E-state index in [0.717, 1.165) is 5.56 Å². The van der Waals surface area contributed by atoms with Crippen molar-refractivity contribution in [1.29, 1.82) is 0 Å². The summed E-state index contributed by atoms with van der Waals surface area (Å²) < 4.78 is 10.7. The number of esters is 1. The minimum Gasteiger partial charge on any atom is -0.465 e. The normalized spacial score (nSPS) is 15.1. The third-order valence-electron chi connectivity index (χ3n) is 5.57. The lowest BCUT2D eigenvalue weighted by Crippen LogP contribution is -2.30. The van der Waals surface area contributed by atoms with Crippen LogP contribution in [0.1, 0.15) is 43.6 Å². The molecule has 1 amide bonds. The van der Waals surface area contributed by atoms with Crippen molar-refractivity contribution in [3.63, 3.8) is 0 Å². The van der Waals surface area contributed by atoms with Crippen LogP contribution in [0.25, 0.3) is 11.0 Å². The summed E-state index contributed by atoms with van der Waals surface area (Å²) in [6, 6.07) is 16.3. The van der Waals surface area contributed by atoms with Crippen LogP contribution >= 0.6 is 0 Å². The van der Waals surface area contributed by atoms with E-state index >= 15 is 0 Å². The number of amides is 1. The molecule has 0 N–H and O–H groups in total. The van der Waals surface area contributed by atoms with E-state index in [9.17, 15) is 14.4 Å². The van der Waals surface area contributed by atoms with E-state index in [1.165, 1.54) is 12.0 Å². The molecule has 2 aromatic heterocycles. The van der Waals surface area contributed by atoms with Crippen molar-refractivity contribution in [3.05, 3.63) is 105 Å². The van der Waals surface area contributed by atoms with E-state index in [-0.39, 0.29) is 16.8 Å². The second kappa shape index (κ2) is 7.46. The van der Waals surface area contributed by atoms with Crippen molar-refractivity contribution in [2.45, 2.75) is 13.0 Å². The molecule has 3 heterocycles. The summed E-state index contributed by atoms with van der Waals surface area (Å²) in [7, 11) is 1.31. The van der Waals surface area contributed by atoms with Crippen LogP contribution in [-0.2, 0) is 4.74 Å². The van der Waals surface area contributed by atoms with Crippen molar-refractivity contribution < 1.29 is 18.7 Å². The van der Waals surface area contributed by atoms with Crippen LogP contribution in [-0.4, -0.2) is 24.0 Å². The highest BCUT2D eigenvalue weighted by atomic mass is 16.5. The zero-order valence-corrected chi connectivity index (χ0v) is 17.4. The Kier molecular flexibility index (Phi) is 4.59. The predicted molar refractivity (Wildman–Crippen MR) is 118 cm³/mol. The van der Waals surface area contributed by atoms with Crippen LogP contribution in [0.4, 0.5) is 5.82 Å². The molecule has 5 rings (SSSR count). The highest BCUT2D eigenvalue weighted by Crippen LogP contribution is 2.40. The predicted octanol–water partition coefficient (Wildman–Crippen LogP) is 4.03. The van der Waals surface area contributed by atoms with Crippen LogP contribution < -0.4 is 10.3 Å². The van der Waals surface area contributed by atoms with Crippen molar-refractivity contribution in [1.82, 2.24) is 4.98 Å². The number of hydrogen-bond donors (Lipinski definition) is 0. The summed E-state index contributed by atoms with van der Waals surface area (Å²) in [5.74, 6) is -0.515. The Hall–Kier alpha value is -4.26. The molecule has 7 heteroatoms. The summed E-state index contributed by atoms with van der Waals surface area (Å²) in [5, 5.41) is 0.397. The van der Waals surface area contributed by atoms with Crippen molar-refractivity contribution >= 4 is 28.7 Å². The van der Waals surface area contributed by atoms with Gasteiger partial charge in [-0.05, 0) is 48.4 Å². The van der Waals surface area contributed by atoms with Crippen molar-refractivity contribution in [3.8, 4) is 0 Å². The number of aromatic nitrogens is 1. The number of benzene rings is 2. The fourth-order valence-corrected chi connectivity index (χ4v) is 3.99. The smallest absolute Gasteiger partial charge is 0.337 e. The molecule has 1 aliphatic heterocycles. The maximum absolute atomic E-state index is 13.5. The number of aryl methyl sites for hydroxylation is 1. The van der Waals surface area contributed by atoms with Crippen LogP contribution in [0, 0.1) is 6.92 Å². The van der Waals surface area contributed by atoms with Gasteiger partial charge in [0.15, 0.2) is 5.43 Å². The monoisotopic (exact) mass is 426 g/mol. The van der Waals surface area contributed by atoms with Gasteiger partial charge in [0.2, 0.25) is 5.76 Å². The Morgan fingerprint density at radius 2 is 1.78 bits per heavy atom. The highest BCUT2D eigenvalue weighted by Gasteiger charge is 2.44. The Bertz CT molecular complexity index is 1420. The molecule has 1 aliphatic rings. The third kappa shape index (κ3) is 2.98. The zero-order valence-electron chi connectivity index (χ0n) is 17.4. The van der Waals surface area contributed by atoms with E-state index in [2.05, 4.69) is 4.98 Å². The number of carbonyl (C=O) groups is 2. The van der Waals surface area contributed by atoms with Gasteiger partial charge in [-0.15, -0.1) is 0 Å². The molecule has 0 radical (unpaired) electrons. The molecule has 4 aromatic rings. The number of rotatable bonds is 3. The first-order valence-corrected chi connectivity index (χ1v) is 10.00. The summed E-state index contributed by atoms with van der Waals surface area (Å²) in [6.45, 7) is 1.90. The van der Waals surface area contributed by atoms with Gasteiger partial charge in [-0.1, -0.05) is 30.3 Å². The van der Waals surface area contributed by atoms with E-state index in [0.29, 0.717) is 27.9 Å². The number of para-hydroxylation sites is 1. The molecule has 2 aromatic carbocycles. The summed E-state index contributed by atoms with van der Waals surface area (Å²) in [5.41, 5.74) is 2.29. The SMILES string of the molecule is COC(=O)c1ccc([C@@H]2c3c(oc4ccccc4c3=O)C(=O)N2c2ccc(C)cn2)cc1. The Morgan fingerprint density at radius 3 is 2.47 bits per heavy atom. The maximum Gasteiger partial charge on any atom is 0.337 e. The maximum atomic E-state index is 13.5. The van der Waals surface area contributed by atoms with Gasteiger partial charge in [0.25, 0.3) is 5.91 Å². The number of nitrogens with zero attached hydrogens (tertiary/aromatic N) is 2. The largest absolute Gasteiger partial charge is 0.465 e. The Morgan fingerprint density at radius 1 is 1.03 bits per heavy atom. The first kappa shape index (κ1) is 19.7. The van der Waals surface area contributed by atoms with E-state index < -0.39 is 17.9 Å². The molecule has 7 nitrogen and oxygen atoms in total. The molecule has 0 spiro atoms. The summed E-state index contributed by atoms with van der Waals surface area (Å²) in [4.78, 5) is 44.7. The van der Waals surface area contributed by atoms with Gasteiger partial charge in [0, 0.05) is 6.20 Å². The van der Waals surface area contributed by atoms with Crippen LogP contribution in [0.2, 0.25) is 0 Å². The average Bonchev–Trinajstić information content (AvgIpc) is 3.12. The standard InChI is InChI=1S/C25H18N2O5/c1-14-7-12-19(26-13-14)27-21(15-8-10-16(11-9-15)25(30)31-2)20-22(28)17-5-3-4-6-18(17)32-23(20)24(27)29/h3-13,21H,1-2H3/t21-/m1/s1. The summed E-state index contributed by atoms with van der Waals surface area (Å²) in [6.07, 6.45) is 1.66. The number of anilines is 1. The number of pyridine rings is 1. The zero-order chi connectivity index (χ0) is 22.4. The lowest BCUT2D eigenvalue weighted by molar-refractivity contribution is 0.0600. The van der Waals surface area contributed by atoms with Gasteiger partial charge in [-0.25, -0.2) is 9.78 Å². The van der Waals surface area contributed by atoms with Gasteiger partial charge in [0.1, 0.15) is 11.4 Å². The lowest BCUT2D eigenvalue weighted by atomic mass is 9.97. The first-order valence-electron chi connectivity index (χ1n) is 10.00. The quantitative estimate of drug-likeness (QED) is 0.460. The number of methoxy groups -OCH3 is 1. The van der Waals surface area contributed by atoms with Crippen LogP contribution in [0.5, 0.6) is 0 Å². The number of hydrogen-bond acceptors (Lipinski definition) is 6. The Labute approximate surface area is 182 Å². The number of fused-ring (bicyclic) bond motifs is 2. The molecule has 0 saturated heterocycles. The van der Waals surface area contributed by atoms with Crippen molar-refractivity contribution in [2.24, 2.45) is 0 Å². The molecule has 0 aliphatic carbocycles. The van der Waals surface area contributed by atoms with Crippen LogP contribution in [0.3, 0.4) is 0 Å². The molecular formula is C25H18N2O5. The molecule has 0 unspecified atom stereocenters. The highest BCUT2D eigenvalue weighted by molar-refractivity contribution is 6.10. The molecule has 32 heavy (non-hydrogen) atoms. The molecular weight excluding hydrogens is 408 g/mol. The lowest BCUT2D eigenvalue weighted by Gasteiger charge is -2.24. The number of ether oxygens (including phenoxy) is 1. The van der Waals surface area contributed by atoms with Gasteiger partial charge in [0.05, 0.1) is 29.7 Å². The van der Waals surface area contributed by atoms with Crippen molar-refractivity contribution in [2.75, 3.05) is 12.0 Å². The third-order valence-corrected chi connectivity index (χ3v) is 5.57. The minimum atomic E-state index is -0.750.